The van der Waals surface area contributed by atoms with Gasteiger partial charge >= 0.3 is 0 Å². The van der Waals surface area contributed by atoms with Gasteiger partial charge in [0.1, 0.15) is 11.6 Å². The van der Waals surface area contributed by atoms with Crippen molar-refractivity contribution in [2.24, 2.45) is 23.0 Å². The fourth-order valence-corrected chi connectivity index (χ4v) is 4.21. The van der Waals surface area contributed by atoms with Crippen LogP contribution in [0.15, 0.2) is 35.7 Å². The van der Waals surface area contributed by atoms with Gasteiger partial charge in [-0.25, -0.2) is 4.39 Å². The van der Waals surface area contributed by atoms with Gasteiger partial charge in [-0.1, -0.05) is 6.07 Å². The van der Waals surface area contributed by atoms with Gasteiger partial charge in [-0.05, 0) is 80.2 Å². The van der Waals surface area contributed by atoms with Crippen molar-refractivity contribution in [3.8, 4) is 5.75 Å². The maximum Gasteiger partial charge on any atom is 0.251 e. The average molecular weight is 398 g/mol. The zero-order chi connectivity index (χ0) is 20.8. The molecule has 0 spiro atoms. The van der Waals surface area contributed by atoms with Crippen molar-refractivity contribution in [3.63, 3.8) is 0 Å². The van der Waals surface area contributed by atoms with Crippen molar-refractivity contribution < 1.29 is 18.7 Å². The van der Waals surface area contributed by atoms with Crippen molar-refractivity contribution in [2.45, 2.75) is 39.0 Å². The first-order chi connectivity index (χ1) is 13.9. The number of rotatable bonds is 7. The molecule has 3 N–H and O–H groups in total. The molecule has 0 heterocycles. The number of allylic oxidation sites excluding steroid dienone is 3. The molecule has 2 fully saturated rings. The van der Waals surface area contributed by atoms with Crippen molar-refractivity contribution in [1.82, 2.24) is 5.32 Å². The Balaban J connectivity index is 1.67. The fourth-order valence-electron chi connectivity index (χ4n) is 4.21. The molecule has 5 nitrogen and oxygen atoms in total. The summed E-state index contributed by atoms with van der Waals surface area (Å²) < 4.78 is 20.4. The van der Waals surface area contributed by atoms with E-state index in [0.29, 0.717) is 46.9 Å². The molecule has 0 aromatic heterocycles. The van der Waals surface area contributed by atoms with Gasteiger partial charge in [0.15, 0.2) is 0 Å². The SMILES string of the molecule is COc1cc(C(=O)NCC2CC2)ccc1C1=C(C)C(F)=CC(C(N)=O)(C2CC2)C1. The number of hydrogen-bond acceptors (Lipinski definition) is 3. The minimum absolute atomic E-state index is 0.0762. The summed E-state index contributed by atoms with van der Waals surface area (Å²) >= 11 is 0. The smallest absolute Gasteiger partial charge is 0.251 e. The molecule has 3 aliphatic carbocycles. The molecule has 1 aromatic rings. The summed E-state index contributed by atoms with van der Waals surface area (Å²) in [6.45, 7) is 2.39. The summed E-state index contributed by atoms with van der Waals surface area (Å²) in [7, 11) is 1.53. The van der Waals surface area contributed by atoms with Crippen LogP contribution in [0.1, 0.15) is 54.9 Å². The van der Waals surface area contributed by atoms with Crippen LogP contribution in [0.4, 0.5) is 4.39 Å². The molecule has 4 rings (SSSR count). The summed E-state index contributed by atoms with van der Waals surface area (Å²) in [4.78, 5) is 24.8. The highest BCUT2D eigenvalue weighted by Crippen LogP contribution is 2.55. The molecule has 29 heavy (non-hydrogen) atoms. The number of ether oxygens (including phenoxy) is 1. The minimum Gasteiger partial charge on any atom is -0.496 e. The van der Waals surface area contributed by atoms with E-state index in [2.05, 4.69) is 5.32 Å². The van der Waals surface area contributed by atoms with Crippen molar-refractivity contribution in [1.29, 1.82) is 0 Å². The highest BCUT2D eigenvalue weighted by atomic mass is 19.1. The van der Waals surface area contributed by atoms with E-state index in [4.69, 9.17) is 10.5 Å². The Hall–Kier alpha value is -2.63. The van der Waals surface area contributed by atoms with E-state index < -0.39 is 17.1 Å². The topological polar surface area (TPSA) is 81.4 Å². The van der Waals surface area contributed by atoms with Crippen molar-refractivity contribution in [2.75, 3.05) is 13.7 Å². The standard InChI is InChI=1S/C23H27FN2O3/c1-13-18(10-23(22(25)28,11-19(13)24)16-6-7-16)17-8-5-15(9-20(17)29-2)21(27)26-12-14-3-4-14/h5,8-9,11,14,16H,3-4,6-7,10,12H2,1-2H3,(H2,25,28)(H,26,27). The largest absolute Gasteiger partial charge is 0.496 e. The number of benzene rings is 1. The lowest BCUT2D eigenvalue weighted by atomic mass is 9.70. The Morgan fingerprint density at radius 2 is 2.00 bits per heavy atom. The predicted octanol–water partition coefficient (Wildman–Crippen LogP) is 3.75. The maximum absolute atomic E-state index is 14.9. The lowest BCUT2D eigenvalue weighted by Gasteiger charge is -2.33. The number of nitrogens with two attached hydrogens (primary N) is 1. The van der Waals surface area contributed by atoms with Gasteiger partial charge in [-0.2, -0.15) is 0 Å². The summed E-state index contributed by atoms with van der Waals surface area (Å²) in [6.07, 6.45) is 5.83. The molecule has 0 saturated heterocycles. The van der Waals surface area contributed by atoms with Crippen LogP contribution in [0.5, 0.6) is 5.75 Å². The van der Waals surface area contributed by atoms with Crippen LogP contribution in [0, 0.1) is 17.3 Å². The van der Waals surface area contributed by atoms with Crippen molar-refractivity contribution in [3.05, 3.63) is 46.8 Å². The van der Waals surface area contributed by atoms with Crippen LogP contribution in [0.25, 0.3) is 5.57 Å². The Kier molecular flexibility index (Phi) is 4.97. The monoisotopic (exact) mass is 398 g/mol. The molecular formula is C23H27FN2O3. The van der Waals surface area contributed by atoms with Gasteiger partial charge in [0, 0.05) is 17.7 Å². The molecule has 2 saturated carbocycles. The highest BCUT2D eigenvalue weighted by molar-refractivity contribution is 5.96. The van der Waals surface area contributed by atoms with Crippen molar-refractivity contribution >= 4 is 17.4 Å². The third-order valence-electron chi connectivity index (χ3n) is 6.47. The molecule has 3 aliphatic rings. The Morgan fingerprint density at radius 3 is 2.59 bits per heavy atom. The lowest BCUT2D eigenvalue weighted by molar-refractivity contribution is -0.126. The number of carbonyl (C=O) groups is 2. The number of nitrogens with one attached hydrogen (secondary N) is 1. The third-order valence-corrected chi connectivity index (χ3v) is 6.47. The van der Waals surface area contributed by atoms with Crippen LogP contribution in [-0.2, 0) is 4.79 Å². The molecule has 1 unspecified atom stereocenters. The predicted molar refractivity (Wildman–Crippen MR) is 109 cm³/mol. The molecule has 2 amide bonds. The van der Waals surface area contributed by atoms with Gasteiger partial charge < -0.3 is 15.8 Å². The summed E-state index contributed by atoms with van der Waals surface area (Å²) in [6, 6.07) is 5.18. The van der Waals surface area contributed by atoms with Gasteiger partial charge in [-0.3, -0.25) is 9.59 Å². The maximum atomic E-state index is 14.9. The second kappa shape index (κ2) is 7.32. The Labute approximate surface area is 170 Å². The van der Waals surface area contributed by atoms with Gasteiger partial charge in [0.05, 0.1) is 12.5 Å². The molecule has 154 valence electrons. The molecule has 1 atom stereocenters. The normalized spacial score (nSPS) is 24.2. The zero-order valence-electron chi connectivity index (χ0n) is 16.9. The number of amides is 2. The zero-order valence-corrected chi connectivity index (χ0v) is 16.9. The highest BCUT2D eigenvalue weighted by Gasteiger charge is 2.51. The number of primary amides is 1. The van der Waals surface area contributed by atoms with E-state index in [-0.39, 0.29) is 11.8 Å². The summed E-state index contributed by atoms with van der Waals surface area (Å²) in [5.41, 5.74) is 7.11. The molecule has 0 radical (unpaired) electrons. The van der Waals surface area contributed by atoms with Gasteiger partial charge in [0.25, 0.3) is 5.91 Å². The van der Waals surface area contributed by atoms with E-state index >= 15 is 0 Å². The molecular weight excluding hydrogens is 371 g/mol. The number of halogens is 1. The van der Waals surface area contributed by atoms with Crippen LogP contribution >= 0.6 is 0 Å². The first kappa shape index (κ1) is 19.7. The van der Waals surface area contributed by atoms with Gasteiger partial charge in [-0.15, -0.1) is 0 Å². The van der Waals surface area contributed by atoms with E-state index in [9.17, 15) is 14.0 Å². The summed E-state index contributed by atoms with van der Waals surface area (Å²) in [5.74, 6) is 0.107. The number of methoxy groups -OCH3 is 1. The fraction of sp³-hybridized carbons (Fsp3) is 0.478. The van der Waals surface area contributed by atoms with Crippen LogP contribution in [-0.4, -0.2) is 25.5 Å². The number of carbonyl (C=O) groups excluding carboxylic acids is 2. The lowest BCUT2D eigenvalue weighted by Crippen LogP contribution is -2.39. The molecule has 6 heteroatoms. The molecule has 0 aliphatic heterocycles. The second-order valence-corrected chi connectivity index (χ2v) is 8.52. The first-order valence-electron chi connectivity index (χ1n) is 10.2. The quantitative estimate of drug-likeness (QED) is 0.734. The van der Waals surface area contributed by atoms with Crippen LogP contribution in [0.3, 0.4) is 0 Å². The van der Waals surface area contributed by atoms with Crippen LogP contribution in [0.2, 0.25) is 0 Å². The van der Waals surface area contributed by atoms with E-state index in [1.54, 1.807) is 25.1 Å². The van der Waals surface area contributed by atoms with E-state index in [0.717, 1.165) is 25.7 Å². The average Bonchev–Trinajstić information content (AvgIpc) is 3.61. The van der Waals surface area contributed by atoms with Gasteiger partial charge in [0.2, 0.25) is 5.91 Å². The van der Waals surface area contributed by atoms with Crippen LogP contribution < -0.4 is 15.8 Å². The second-order valence-electron chi connectivity index (χ2n) is 8.52. The van der Waals surface area contributed by atoms with E-state index in [1.807, 2.05) is 0 Å². The third kappa shape index (κ3) is 3.68. The Morgan fingerprint density at radius 1 is 1.28 bits per heavy atom. The minimum atomic E-state index is -0.996. The summed E-state index contributed by atoms with van der Waals surface area (Å²) in [5, 5.41) is 2.94. The Bertz CT molecular complexity index is 928. The first-order valence-corrected chi connectivity index (χ1v) is 10.2. The molecule has 0 bridgehead atoms. The molecule has 1 aromatic carbocycles. The number of hydrogen-bond donors (Lipinski definition) is 2. The van der Waals surface area contributed by atoms with E-state index in [1.165, 1.54) is 13.2 Å².